The number of rotatable bonds is 3. The molecule has 3 aromatic carbocycles. The number of amides is 2. The fourth-order valence-corrected chi connectivity index (χ4v) is 5.03. The summed E-state index contributed by atoms with van der Waals surface area (Å²) in [6.07, 6.45) is 4.16. The molecule has 1 aliphatic rings. The fraction of sp³-hybridized carbons (Fsp3) is 0.179. The zero-order valence-corrected chi connectivity index (χ0v) is 19.9. The number of nitrogens with zero attached hydrogens (tertiary/aromatic N) is 2. The smallest absolute Gasteiger partial charge is 0.318 e. The molecule has 0 radical (unpaired) electrons. The van der Waals surface area contributed by atoms with Gasteiger partial charge in [-0.3, -0.25) is 0 Å². The Balaban J connectivity index is 1.62. The summed E-state index contributed by atoms with van der Waals surface area (Å²) in [6.45, 7) is 4.61. The minimum Gasteiger partial charge on any atom is -0.318 e. The van der Waals surface area contributed by atoms with E-state index in [1.165, 1.54) is 10.5 Å². The van der Waals surface area contributed by atoms with Crippen LogP contribution in [-0.4, -0.2) is 21.8 Å². The second-order valence-corrected chi connectivity index (χ2v) is 9.36. The van der Waals surface area contributed by atoms with Crippen molar-refractivity contribution in [2.45, 2.75) is 31.3 Å². The highest BCUT2D eigenvalue weighted by Gasteiger charge is 2.33. The molecule has 0 bridgehead atoms. The second-order valence-electron chi connectivity index (χ2n) is 8.48. The van der Waals surface area contributed by atoms with Gasteiger partial charge in [-0.1, -0.05) is 48.0 Å². The number of aryl methyl sites for hydroxylation is 2. The summed E-state index contributed by atoms with van der Waals surface area (Å²) in [5, 5.41) is 3.18. The first-order chi connectivity index (χ1) is 16.0. The number of nitrogens with one attached hydrogen (secondary N) is 1. The number of hydrogen-bond donors (Lipinski definition) is 1. The van der Waals surface area contributed by atoms with Gasteiger partial charge in [0.25, 0.3) is 0 Å². The van der Waals surface area contributed by atoms with Crippen LogP contribution in [0, 0.1) is 13.8 Å². The van der Waals surface area contributed by atoms with Crippen LogP contribution in [0.25, 0.3) is 5.69 Å². The molecule has 166 valence electrons. The van der Waals surface area contributed by atoms with Crippen molar-refractivity contribution in [3.63, 3.8) is 0 Å². The molecule has 1 atom stereocenters. The monoisotopic (exact) mass is 453 g/mol. The summed E-state index contributed by atoms with van der Waals surface area (Å²) in [5.74, 6) is 0. The van der Waals surface area contributed by atoms with E-state index < -0.39 is 0 Å². The summed E-state index contributed by atoms with van der Waals surface area (Å²) in [5.41, 5.74) is 7.49. The molecule has 5 heteroatoms. The van der Waals surface area contributed by atoms with Crippen molar-refractivity contribution < 1.29 is 4.79 Å². The molecule has 5 rings (SSSR count). The van der Waals surface area contributed by atoms with Crippen LogP contribution in [0.1, 0.15) is 34.0 Å². The van der Waals surface area contributed by atoms with Crippen LogP contribution in [0.2, 0.25) is 0 Å². The quantitative estimate of drug-likeness (QED) is 0.341. The van der Waals surface area contributed by atoms with E-state index in [0.717, 1.165) is 33.8 Å². The SMILES string of the molecule is CSc1ccc([C@H]2c3cccn3-c3ccccc3CN2C(=O)Nc2ccc(C)cc2C)cc1. The van der Waals surface area contributed by atoms with Crippen LogP contribution in [-0.2, 0) is 6.54 Å². The van der Waals surface area contributed by atoms with E-state index in [9.17, 15) is 4.79 Å². The van der Waals surface area contributed by atoms with E-state index in [2.05, 4.69) is 89.9 Å². The summed E-state index contributed by atoms with van der Waals surface area (Å²) in [7, 11) is 0. The van der Waals surface area contributed by atoms with Crippen LogP contribution < -0.4 is 5.32 Å². The predicted molar refractivity (Wildman–Crippen MR) is 136 cm³/mol. The average molecular weight is 454 g/mol. The second kappa shape index (κ2) is 8.83. The van der Waals surface area contributed by atoms with Crippen molar-refractivity contribution >= 4 is 23.5 Å². The Hall–Kier alpha value is -3.44. The third-order valence-electron chi connectivity index (χ3n) is 6.28. The van der Waals surface area contributed by atoms with Gasteiger partial charge in [-0.05, 0) is 73.2 Å². The van der Waals surface area contributed by atoms with E-state index >= 15 is 0 Å². The molecule has 2 amide bonds. The third-order valence-corrected chi connectivity index (χ3v) is 7.02. The fourth-order valence-electron chi connectivity index (χ4n) is 4.62. The lowest BCUT2D eigenvalue weighted by Gasteiger charge is -2.31. The van der Waals surface area contributed by atoms with E-state index in [1.807, 2.05) is 30.0 Å². The average Bonchev–Trinajstić information content (AvgIpc) is 3.25. The molecule has 4 nitrogen and oxygen atoms in total. The Morgan fingerprint density at radius 1 is 0.970 bits per heavy atom. The molecule has 0 fully saturated rings. The first kappa shape index (κ1) is 21.4. The van der Waals surface area contributed by atoms with Crippen LogP contribution in [0.4, 0.5) is 10.5 Å². The lowest BCUT2D eigenvalue weighted by molar-refractivity contribution is 0.194. The maximum Gasteiger partial charge on any atom is 0.322 e. The van der Waals surface area contributed by atoms with Crippen molar-refractivity contribution in [1.29, 1.82) is 0 Å². The minimum absolute atomic E-state index is 0.106. The standard InChI is InChI=1S/C28H27N3OS/c1-19-10-15-24(20(2)17-19)29-28(32)31-18-22-7-4-5-8-25(22)30-16-6-9-26(30)27(31)21-11-13-23(33-3)14-12-21/h4-17,27H,18H2,1-3H3,(H,29,32)/t27-/m0/s1. The number of para-hydroxylation sites is 1. The van der Waals surface area contributed by atoms with Crippen molar-refractivity contribution in [1.82, 2.24) is 9.47 Å². The highest BCUT2D eigenvalue weighted by atomic mass is 32.2. The van der Waals surface area contributed by atoms with Crippen LogP contribution in [0.5, 0.6) is 0 Å². The Kier molecular flexibility index (Phi) is 5.73. The zero-order chi connectivity index (χ0) is 22.9. The number of aromatic nitrogens is 1. The predicted octanol–water partition coefficient (Wildman–Crippen LogP) is 6.95. The van der Waals surface area contributed by atoms with E-state index in [0.29, 0.717) is 6.54 Å². The molecule has 0 saturated carbocycles. The number of hydrogen-bond acceptors (Lipinski definition) is 2. The maximum absolute atomic E-state index is 13.8. The van der Waals surface area contributed by atoms with Gasteiger partial charge >= 0.3 is 6.03 Å². The summed E-state index contributed by atoms with van der Waals surface area (Å²) < 4.78 is 2.22. The lowest BCUT2D eigenvalue weighted by Crippen LogP contribution is -2.38. The first-order valence-electron chi connectivity index (χ1n) is 11.1. The maximum atomic E-state index is 13.8. The van der Waals surface area contributed by atoms with Crippen molar-refractivity contribution in [3.05, 3.63) is 113 Å². The van der Waals surface area contributed by atoms with Gasteiger partial charge in [-0.2, -0.15) is 0 Å². The Morgan fingerprint density at radius 3 is 2.52 bits per heavy atom. The molecule has 4 aromatic rings. The molecule has 1 aliphatic heterocycles. The lowest BCUT2D eigenvalue weighted by atomic mass is 10.0. The van der Waals surface area contributed by atoms with Gasteiger partial charge in [-0.15, -0.1) is 11.8 Å². The molecular weight excluding hydrogens is 426 g/mol. The molecule has 0 saturated heterocycles. The molecule has 2 heterocycles. The van der Waals surface area contributed by atoms with Crippen LogP contribution in [0.15, 0.2) is 90.0 Å². The summed E-state index contributed by atoms with van der Waals surface area (Å²) >= 11 is 1.72. The van der Waals surface area contributed by atoms with Crippen LogP contribution in [0.3, 0.4) is 0 Å². The van der Waals surface area contributed by atoms with Gasteiger partial charge in [-0.25, -0.2) is 4.79 Å². The number of carbonyl (C=O) groups excluding carboxylic acids is 1. The number of thioether (sulfide) groups is 1. The molecule has 1 N–H and O–H groups in total. The third kappa shape index (κ3) is 4.05. The van der Waals surface area contributed by atoms with Gasteiger partial charge in [0.2, 0.25) is 0 Å². The molecular formula is C28H27N3OS. The normalized spacial score (nSPS) is 14.9. The highest BCUT2D eigenvalue weighted by molar-refractivity contribution is 7.98. The molecule has 0 spiro atoms. The largest absolute Gasteiger partial charge is 0.322 e. The number of urea groups is 1. The van der Waals surface area contributed by atoms with Gasteiger partial charge in [0.05, 0.1) is 18.3 Å². The first-order valence-corrected chi connectivity index (χ1v) is 12.3. The highest BCUT2D eigenvalue weighted by Crippen LogP contribution is 2.37. The topological polar surface area (TPSA) is 37.3 Å². The van der Waals surface area contributed by atoms with E-state index in [1.54, 1.807) is 11.8 Å². The van der Waals surface area contributed by atoms with Gasteiger partial charge < -0.3 is 14.8 Å². The molecule has 33 heavy (non-hydrogen) atoms. The van der Waals surface area contributed by atoms with Gasteiger partial charge in [0.15, 0.2) is 0 Å². The zero-order valence-electron chi connectivity index (χ0n) is 19.1. The van der Waals surface area contributed by atoms with Gasteiger partial charge in [0, 0.05) is 22.5 Å². The Labute approximate surface area is 199 Å². The van der Waals surface area contributed by atoms with Crippen molar-refractivity contribution in [2.24, 2.45) is 0 Å². The summed E-state index contributed by atoms with van der Waals surface area (Å²) in [6, 6.07) is 26.8. The number of anilines is 1. The molecule has 0 aliphatic carbocycles. The van der Waals surface area contributed by atoms with E-state index in [-0.39, 0.29) is 12.1 Å². The Morgan fingerprint density at radius 2 is 1.76 bits per heavy atom. The number of benzene rings is 3. The number of carbonyl (C=O) groups is 1. The van der Waals surface area contributed by atoms with Gasteiger partial charge in [0.1, 0.15) is 0 Å². The Bertz CT molecular complexity index is 1310. The summed E-state index contributed by atoms with van der Waals surface area (Å²) in [4.78, 5) is 17.0. The minimum atomic E-state index is -0.214. The molecule has 1 aromatic heterocycles. The van der Waals surface area contributed by atoms with Crippen LogP contribution >= 0.6 is 11.8 Å². The van der Waals surface area contributed by atoms with Crippen molar-refractivity contribution in [2.75, 3.05) is 11.6 Å². The number of fused-ring (bicyclic) bond motifs is 3. The van der Waals surface area contributed by atoms with Crippen molar-refractivity contribution in [3.8, 4) is 5.69 Å². The molecule has 0 unspecified atom stereocenters. The van der Waals surface area contributed by atoms with E-state index in [4.69, 9.17) is 0 Å².